The average Bonchev–Trinajstić information content (AvgIpc) is 3.44. The quantitative estimate of drug-likeness (QED) is 0.352. The smallest absolute Gasteiger partial charge is 0.415 e. The number of hydrogen-bond acceptors (Lipinski definition) is 8. The summed E-state index contributed by atoms with van der Waals surface area (Å²) in [6.07, 6.45) is -0.374. The monoisotopic (exact) mass is 446 g/mol. The summed E-state index contributed by atoms with van der Waals surface area (Å²) in [5.41, 5.74) is 10.3. The first kappa shape index (κ1) is 20.1. The number of amides is 1. The molecular weight excluding hydrogens is 424 g/mol. The highest BCUT2D eigenvalue weighted by Crippen LogP contribution is 2.32. The van der Waals surface area contributed by atoms with Gasteiger partial charge in [0.2, 0.25) is 5.95 Å². The van der Waals surface area contributed by atoms with Gasteiger partial charge in [0.25, 0.3) is 0 Å². The number of carbonyl (C=O) groups excluding carboxylic acids is 1. The average molecular weight is 447 g/mol. The van der Waals surface area contributed by atoms with Crippen LogP contribution in [0.4, 0.5) is 33.6 Å². The number of fused-ring (bicyclic) bond motifs is 1. The van der Waals surface area contributed by atoms with Crippen molar-refractivity contribution < 1.29 is 9.53 Å². The summed E-state index contributed by atoms with van der Waals surface area (Å²) in [7, 11) is 0. The Balaban J connectivity index is 1.34. The summed E-state index contributed by atoms with van der Waals surface area (Å²) in [5, 5.41) is 8.67. The lowest BCUT2D eigenvalue weighted by molar-refractivity contribution is 0.181. The van der Waals surface area contributed by atoms with Crippen molar-refractivity contribution in [3.8, 4) is 0 Å². The van der Waals surface area contributed by atoms with Crippen LogP contribution in [0.2, 0.25) is 0 Å². The molecule has 0 aliphatic carbocycles. The second kappa shape index (κ2) is 8.35. The van der Waals surface area contributed by atoms with Gasteiger partial charge in [0.05, 0.1) is 22.8 Å². The normalized spacial score (nSPS) is 14.4. The van der Waals surface area contributed by atoms with Gasteiger partial charge in [-0.1, -0.05) is 12.1 Å². The maximum atomic E-state index is 12.1. The third-order valence-corrected chi connectivity index (χ3v) is 6.16. The van der Waals surface area contributed by atoms with Crippen molar-refractivity contribution in [1.82, 2.24) is 9.97 Å². The SMILES string of the molecule is C[C@H](Nc1nc(N2CCOC2=O)c2sccc2n1)c1ccc(Nc2ccc(N)cc2)cc1. The van der Waals surface area contributed by atoms with Crippen LogP contribution in [-0.2, 0) is 4.74 Å². The highest BCUT2D eigenvalue weighted by molar-refractivity contribution is 7.17. The van der Waals surface area contributed by atoms with Gasteiger partial charge in [0.1, 0.15) is 6.61 Å². The van der Waals surface area contributed by atoms with E-state index in [1.54, 1.807) is 4.90 Å². The number of rotatable bonds is 6. The first-order chi connectivity index (χ1) is 15.6. The van der Waals surface area contributed by atoms with E-state index < -0.39 is 0 Å². The Morgan fingerprint density at radius 3 is 2.47 bits per heavy atom. The van der Waals surface area contributed by atoms with Crippen LogP contribution in [0.1, 0.15) is 18.5 Å². The molecule has 5 rings (SSSR count). The fourth-order valence-electron chi connectivity index (χ4n) is 3.55. The number of benzene rings is 2. The van der Waals surface area contributed by atoms with Crippen molar-refractivity contribution in [2.45, 2.75) is 13.0 Å². The molecule has 4 aromatic rings. The molecule has 2 aromatic carbocycles. The van der Waals surface area contributed by atoms with E-state index in [9.17, 15) is 4.79 Å². The predicted molar refractivity (Wildman–Crippen MR) is 129 cm³/mol. The molecule has 32 heavy (non-hydrogen) atoms. The summed E-state index contributed by atoms with van der Waals surface area (Å²) in [4.78, 5) is 22.9. The largest absolute Gasteiger partial charge is 0.447 e. The number of nitrogens with two attached hydrogens (primary N) is 1. The standard InChI is InChI=1S/C23H22N6O2S/c1-14(15-2-6-17(7-3-15)26-18-8-4-16(24)5-9-18)25-22-27-19-10-13-32-20(19)21(28-22)29-11-12-31-23(29)30/h2-10,13-14,26H,11-12,24H2,1H3,(H,25,27,28)/t14-/m0/s1. The minimum absolute atomic E-state index is 0.0324. The maximum absolute atomic E-state index is 12.1. The van der Waals surface area contributed by atoms with E-state index in [2.05, 4.69) is 32.7 Å². The maximum Gasteiger partial charge on any atom is 0.415 e. The number of ether oxygens (including phenoxy) is 1. The number of nitrogens with one attached hydrogen (secondary N) is 2. The molecule has 2 aromatic heterocycles. The van der Waals surface area contributed by atoms with Gasteiger partial charge < -0.3 is 21.1 Å². The van der Waals surface area contributed by atoms with Crippen molar-refractivity contribution in [1.29, 1.82) is 0 Å². The lowest BCUT2D eigenvalue weighted by atomic mass is 10.1. The summed E-state index contributed by atoms with van der Waals surface area (Å²) >= 11 is 1.51. The number of nitrogens with zero attached hydrogens (tertiary/aromatic N) is 3. The topological polar surface area (TPSA) is 105 Å². The Morgan fingerprint density at radius 2 is 1.78 bits per heavy atom. The highest BCUT2D eigenvalue weighted by atomic mass is 32.1. The first-order valence-corrected chi connectivity index (χ1v) is 11.1. The molecule has 1 aliphatic rings. The molecule has 0 bridgehead atoms. The Kier molecular flexibility index (Phi) is 5.24. The van der Waals surface area contributed by atoms with Crippen LogP contribution in [0.5, 0.6) is 0 Å². The molecule has 0 spiro atoms. The molecule has 1 aliphatic heterocycles. The van der Waals surface area contributed by atoms with E-state index in [0.717, 1.165) is 32.8 Å². The molecule has 162 valence electrons. The molecule has 4 N–H and O–H groups in total. The van der Waals surface area contributed by atoms with Crippen LogP contribution in [0.15, 0.2) is 60.0 Å². The van der Waals surface area contributed by atoms with Crippen LogP contribution in [0.25, 0.3) is 10.2 Å². The van der Waals surface area contributed by atoms with Gasteiger partial charge >= 0.3 is 6.09 Å². The Morgan fingerprint density at radius 1 is 1.06 bits per heavy atom. The number of anilines is 5. The summed E-state index contributed by atoms with van der Waals surface area (Å²) in [6, 6.07) is 17.7. The summed E-state index contributed by atoms with van der Waals surface area (Å²) in [6.45, 7) is 2.90. The lowest BCUT2D eigenvalue weighted by Crippen LogP contribution is -2.25. The lowest BCUT2D eigenvalue weighted by Gasteiger charge is -2.18. The number of nitrogen functional groups attached to an aromatic ring is 1. The highest BCUT2D eigenvalue weighted by Gasteiger charge is 2.28. The first-order valence-electron chi connectivity index (χ1n) is 10.3. The van der Waals surface area contributed by atoms with Crippen LogP contribution >= 0.6 is 11.3 Å². The second-order valence-electron chi connectivity index (χ2n) is 7.51. The molecule has 1 saturated heterocycles. The van der Waals surface area contributed by atoms with Crippen LogP contribution in [0, 0.1) is 0 Å². The van der Waals surface area contributed by atoms with Crippen molar-refractivity contribution >= 4 is 56.5 Å². The number of carbonyl (C=O) groups is 1. The van der Waals surface area contributed by atoms with E-state index in [1.165, 1.54) is 11.3 Å². The van der Waals surface area contributed by atoms with Crippen molar-refractivity contribution in [2.24, 2.45) is 0 Å². The van der Waals surface area contributed by atoms with E-state index in [-0.39, 0.29) is 12.1 Å². The second-order valence-corrected chi connectivity index (χ2v) is 8.42. The number of thiophene rings is 1. The molecule has 9 heteroatoms. The zero-order valence-electron chi connectivity index (χ0n) is 17.4. The number of cyclic esters (lactones) is 1. The van der Waals surface area contributed by atoms with Crippen LogP contribution < -0.4 is 21.3 Å². The fraction of sp³-hybridized carbons (Fsp3) is 0.174. The number of hydrogen-bond donors (Lipinski definition) is 3. The molecule has 0 saturated carbocycles. The van der Waals surface area contributed by atoms with E-state index in [4.69, 9.17) is 10.5 Å². The Bertz CT molecular complexity index is 1260. The third kappa shape index (κ3) is 4.02. The molecule has 1 atom stereocenters. The van der Waals surface area contributed by atoms with Gasteiger partial charge in [-0.15, -0.1) is 11.3 Å². The van der Waals surface area contributed by atoms with Crippen molar-refractivity contribution in [3.05, 3.63) is 65.5 Å². The van der Waals surface area contributed by atoms with Crippen LogP contribution in [0.3, 0.4) is 0 Å². The van der Waals surface area contributed by atoms with Crippen molar-refractivity contribution in [3.63, 3.8) is 0 Å². The Labute approximate surface area is 189 Å². The van der Waals surface area contributed by atoms with E-state index in [1.807, 2.05) is 54.8 Å². The third-order valence-electron chi connectivity index (χ3n) is 5.26. The van der Waals surface area contributed by atoms with Gasteiger partial charge in [-0.25, -0.2) is 9.78 Å². The van der Waals surface area contributed by atoms with Gasteiger partial charge in [-0.2, -0.15) is 4.98 Å². The van der Waals surface area contributed by atoms with Gasteiger partial charge in [-0.05, 0) is 60.3 Å². The van der Waals surface area contributed by atoms with E-state index in [0.29, 0.717) is 24.9 Å². The molecule has 3 heterocycles. The van der Waals surface area contributed by atoms with Gasteiger partial charge in [-0.3, -0.25) is 4.90 Å². The van der Waals surface area contributed by atoms with Gasteiger partial charge in [0.15, 0.2) is 5.82 Å². The molecule has 8 nitrogen and oxygen atoms in total. The number of aromatic nitrogens is 2. The minimum atomic E-state index is -0.374. The minimum Gasteiger partial charge on any atom is -0.447 e. The molecule has 1 fully saturated rings. The van der Waals surface area contributed by atoms with E-state index >= 15 is 0 Å². The van der Waals surface area contributed by atoms with Gasteiger partial charge in [0, 0.05) is 17.1 Å². The molecule has 1 amide bonds. The van der Waals surface area contributed by atoms with Crippen LogP contribution in [-0.4, -0.2) is 29.2 Å². The molecular formula is C23H22N6O2S. The zero-order valence-corrected chi connectivity index (χ0v) is 18.2. The molecule has 0 radical (unpaired) electrons. The molecule has 0 unspecified atom stereocenters. The van der Waals surface area contributed by atoms with Crippen molar-refractivity contribution in [2.75, 3.05) is 34.4 Å². The zero-order chi connectivity index (χ0) is 22.1. The Hall–Kier alpha value is -3.85. The summed E-state index contributed by atoms with van der Waals surface area (Å²) in [5.74, 6) is 1.06. The fourth-order valence-corrected chi connectivity index (χ4v) is 4.38. The summed E-state index contributed by atoms with van der Waals surface area (Å²) < 4.78 is 5.97. The predicted octanol–water partition coefficient (Wildman–Crippen LogP) is 5.15.